The summed E-state index contributed by atoms with van der Waals surface area (Å²) < 4.78 is 0. The minimum atomic E-state index is -1.34. The second-order valence-electron chi connectivity index (χ2n) is 12.3. The minimum absolute atomic E-state index is 0. The van der Waals surface area contributed by atoms with E-state index in [0.717, 1.165) is 28.9 Å². The van der Waals surface area contributed by atoms with Gasteiger partial charge in [-0.3, -0.25) is 0 Å². The molecule has 0 amide bonds. The monoisotopic (exact) mass is 715 g/mol. The van der Waals surface area contributed by atoms with Crippen molar-refractivity contribution in [2.75, 3.05) is 0 Å². The summed E-state index contributed by atoms with van der Waals surface area (Å²) in [7, 11) is -2.60. The largest absolute Gasteiger partial charge is 0.305 e. The van der Waals surface area contributed by atoms with Crippen molar-refractivity contribution in [1.29, 1.82) is 0 Å². The zero-order valence-corrected chi connectivity index (χ0v) is 28.8. The van der Waals surface area contributed by atoms with Gasteiger partial charge in [0.15, 0.2) is 0 Å². The molecule has 0 unspecified atom stereocenters. The Labute approximate surface area is 246 Å². The van der Waals surface area contributed by atoms with Crippen molar-refractivity contribution in [2.24, 2.45) is 5.92 Å². The molecule has 0 atom stereocenters. The van der Waals surface area contributed by atoms with E-state index in [9.17, 15) is 0 Å². The average Bonchev–Trinajstić information content (AvgIpc) is 2.84. The Balaban J connectivity index is 0.000000263. The molecule has 4 aromatic rings. The molecule has 0 aliphatic rings. The molecular weight excluding hydrogens is 673 g/mol. The second-order valence-corrected chi connectivity index (χ2v) is 22.4. The van der Waals surface area contributed by atoms with Gasteiger partial charge < -0.3 is 9.97 Å². The molecule has 0 saturated heterocycles. The van der Waals surface area contributed by atoms with Crippen molar-refractivity contribution in [3.8, 4) is 22.5 Å². The number of aryl methyl sites for hydroxylation is 1. The fraction of sp³-hybridized carbons (Fsp3) is 0.333. The van der Waals surface area contributed by atoms with Gasteiger partial charge in [-0.05, 0) is 41.4 Å². The molecule has 2 nitrogen and oxygen atoms in total. The van der Waals surface area contributed by atoms with E-state index in [-0.39, 0.29) is 20.1 Å². The van der Waals surface area contributed by atoms with Crippen molar-refractivity contribution in [2.45, 2.75) is 66.5 Å². The molecule has 1 radical (unpaired) electrons. The van der Waals surface area contributed by atoms with Crippen LogP contribution in [0.15, 0.2) is 73.1 Å². The quantitative estimate of drug-likeness (QED) is 0.151. The van der Waals surface area contributed by atoms with E-state index in [1.165, 1.54) is 21.5 Å². The topological polar surface area (TPSA) is 25.8 Å². The fourth-order valence-corrected chi connectivity index (χ4v) is 6.94. The predicted octanol–water partition coefficient (Wildman–Crippen LogP) is 7.69. The number of rotatable bonds is 6. The molecule has 2 heterocycles. The van der Waals surface area contributed by atoms with Crippen molar-refractivity contribution in [3.05, 3.63) is 96.3 Å². The smallest absolute Gasteiger partial charge is 0.0798 e. The summed E-state index contributed by atoms with van der Waals surface area (Å²) in [5, 5.41) is 2.94. The van der Waals surface area contributed by atoms with Gasteiger partial charge in [-0.15, -0.1) is 70.9 Å². The van der Waals surface area contributed by atoms with Gasteiger partial charge in [0.2, 0.25) is 0 Å². The van der Waals surface area contributed by atoms with E-state index in [1.807, 2.05) is 30.5 Å². The van der Waals surface area contributed by atoms with Gasteiger partial charge in [-0.25, -0.2) is 0 Å². The molecular formula is C33H42IrN2Si2-2. The maximum absolute atomic E-state index is 4.69. The Hall–Kier alpha value is -2.18. The Kier molecular flexibility index (Phi) is 11.6. The Bertz CT molecular complexity index is 1290. The zero-order chi connectivity index (χ0) is 27.2. The van der Waals surface area contributed by atoms with E-state index in [2.05, 4.69) is 125 Å². The first-order valence-electron chi connectivity index (χ1n) is 13.3. The van der Waals surface area contributed by atoms with Crippen LogP contribution in [0.4, 0.5) is 0 Å². The van der Waals surface area contributed by atoms with Crippen LogP contribution in [0.5, 0.6) is 0 Å². The first-order valence-corrected chi connectivity index (χ1v) is 20.3. The third kappa shape index (κ3) is 9.23. The van der Waals surface area contributed by atoms with Gasteiger partial charge in [0.1, 0.15) is 0 Å². The molecule has 5 heteroatoms. The third-order valence-electron chi connectivity index (χ3n) is 6.27. The van der Waals surface area contributed by atoms with Crippen LogP contribution in [0.1, 0.15) is 25.0 Å². The van der Waals surface area contributed by atoms with Crippen molar-refractivity contribution in [1.82, 2.24) is 9.97 Å². The van der Waals surface area contributed by atoms with Crippen molar-refractivity contribution < 1.29 is 20.1 Å². The van der Waals surface area contributed by atoms with Gasteiger partial charge in [-0.2, -0.15) is 0 Å². The SMILES string of the molecule is CC(C)Cc1cc(-c2[c-]cccc2)ncc1[Si](C)(C)C.Cc1ccc(-c2[c-]ccc([Si](C)(C)C)c2)nc1.[Ir]. The fourth-order valence-electron chi connectivity index (χ4n) is 4.19. The molecule has 0 N–H and O–H groups in total. The molecule has 0 aliphatic heterocycles. The molecule has 38 heavy (non-hydrogen) atoms. The van der Waals surface area contributed by atoms with Crippen LogP contribution < -0.4 is 10.4 Å². The minimum Gasteiger partial charge on any atom is -0.305 e. The maximum atomic E-state index is 4.69. The summed E-state index contributed by atoms with van der Waals surface area (Å²) >= 11 is 0. The van der Waals surface area contributed by atoms with Crippen LogP contribution >= 0.6 is 0 Å². The van der Waals surface area contributed by atoms with Crippen LogP contribution in [0.2, 0.25) is 39.3 Å². The summed E-state index contributed by atoms with van der Waals surface area (Å²) in [6.45, 7) is 20.9. The molecule has 203 valence electrons. The number of hydrogen-bond acceptors (Lipinski definition) is 2. The van der Waals surface area contributed by atoms with Gasteiger partial charge >= 0.3 is 0 Å². The van der Waals surface area contributed by atoms with Gasteiger partial charge in [-0.1, -0.05) is 76.9 Å². The first-order chi connectivity index (χ1) is 17.3. The van der Waals surface area contributed by atoms with E-state index in [0.29, 0.717) is 5.92 Å². The third-order valence-corrected chi connectivity index (χ3v) is 10.4. The molecule has 2 aromatic carbocycles. The van der Waals surface area contributed by atoms with Crippen LogP contribution in [0.25, 0.3) is 22.5 Å². The Morgan fingerprint density at radius 3 is 1.97 bits per heavy atom. The Morgan fingerprint density at radius 1 is 0.737 bits per heavy atom. The summed E-state index contributed by atoms with van der Waals surface area (Å²) in [5.74, 6) is 0.667. The number of pyridine rings is 2. The molecule has 0 saturated carbocycles. The van der Waals surface area contributed by atoms with Crippen molar-refractivity contribution in [3.63, 3.8) is 0 Å². The van der Waals surface area contributed by atoms with E-state index in [1.54, 1.807) is 0 Å². The number of benzene rings is 2. The van der Waals surface area contributed by atoms with E-state index in [4.69, 9.17) is 0 Å². The molecule has 2 aromatic heterocycles. The van der Waals surface area contributed by atoms with Gasteiger partial charge in [0, 0.05) is 32.5 Å². The van der Waals surface area contributed by atoms with Crippen molar-refractivity contribution >= 4 is 26.5 Å². The summed E-state index contributed by atoms with van der Waals surface area (Å²) in [6, 6.07) is 27.5. The predicted molar refractivity (Wildman–Crippen MR) is 166 cm³/mol. The molecule has 4 rings (SSSR count). The second kappa shape index (κ2) is 13.8. The van der Waals surface area contributed by atoms with Crippen LogP contribution in [-0.4, -0.2) is 26.1 Å². The zero-order valence-electron chi connectivity index (χ0n) is 24.4. The van der Waals surface area contributed by atoms with E-state index < -0.39 is 16.1 Å². The van der Waals surface area contributed by atoms with E-state index >= 15 is 0 Å². The van der Waals surface area contributed by atoms with Crippen LogP contribution in [0.3, 0.4) is 0 Å². The van der Waals surface area contributed by atoms with Gasteiger partial charge in [0.25, 0.3) is 0 Å². The normalized spacial score (nSPS) is 11.4. The average molecular weight is 715 g/mol. The first kappa shape index (κ1) is 32.0. The Morgan fingerprint density at radius 2 is 1.42 bits per heavy atom. The molecule has 0 spiro atoms. The van der Waals surface area contributed by atoms with Crippen LogP contribution in [0, 0.1) is 25.0 Å². The summed E-state index contributed by atoms with van der Waals surface area (Å²) in [6.07, 6.45) is 5.15. The molecule has 0 fully saturated rings. The van der Waals surface area contributed by atoms with Gasteiger partial charge in [0.05, 0.1) is 16.1 Å². The molecule has 0 aliphatic carbocycles. The standard InChI is InChI=1S/C18H24NSi.C15H18NSi.Ir/c1-14(2)11-16-12-17(15-9-7-6-8-10-15)19-13-18(16)20(3,4)5;1-12-8-9-15(16-11-12)13-6-5-7-14(10-13)17(2,3)4;/h6-9,12-14H,11H2,1-5H3;5,7-11H,1-4H3;/q2*-1;. The molecule has 0 bridgehead atoms. The maximum Gasteiger partial charge on any atom is 0.0798 e. The number of nitrogens with zero attached hydrogens (tertiary/aromatic N) is 2. The number of aromatic nitrogens is 2. The summed E-state index contributed by atoms with van der Waals surface area (Å²) in [5.41, 5.74) is 6.90. The summed E-state index contributed by atoms with van der Waals surface area (Å²) in [4.78, 5) is 9.14. The van der Waals surface area contributed by atoms with Crippen LogP contribution in [-0.2, 0) is 26.5 Å². The number of hydrogen-bond donors (Lipinski definition) is 0.